The van der Waals surface area contributed by atoms with Gasteiger partial charge in [-0.25, -0.2) is 9.37 Å². The van der Waals surface area contributed by atoms with Gasteiger partial charge in [-0.3, -0.25) is 0 Å². The highest BCUT2D eigenvalue weighted by atomic mass is 32.1. The van der Waals surface area contributed by atoms with E-state index in [2.05, 4.69) is 10.3 Å². The quantitative estimate of drug-likeness (QED) is 0.882. The van der Waals surface area contributed by atoms with Gasteiger partial charge in [0.15, 0.2) is 11.6 Å². The highest BCUT2D eigenvalue weighted by Gasteiger charge is 2.17. The number of benzene rings is 1. The minimum absolute atomic E-state index is 0.0258. The lowest BCUT2D eigenvalue weighted by atomic mass is 10.0. The van der Waals surface area contributed by atoms with Crippen LogP contribution in [0, 0.1) is 5.82 Å². The Kier molecular flexibility index (Phi) is 4.87. The maximum absolute atomic E-state index is 14.1. The third-order valence-corrected chi connectivity index (χ3v) is 3.55. The number of aromatic nitrogens is 1. The Bertz CT molecular complexity index is 516. The van der Waals surface area contributed by atoms with Crippen LogP contribution in [0.4, 0.5) is 4.39 Å². The van der Waals surface area contributed by atoms with Gasteiger partial charge in [-0.1, -0.05) is 19.1 Å². The predicted octanol–water partition coefficient (Wildman–Crippen LogP) is 3.18. The number of nitrogens with zero attached hydrogens (tertiary/aromatic N) is 1. The number of rotatable bonds is 6. The molecule has 0 fully saturated rings. The molecule has 0 bridgehead atoms. The van der Waals surface area contributed by atoms with E-state index < -0.39 is 0 Å². The minimum Gasteiger partial charge on any atom is -0.494 e. The Morgan fingerprint density at radius 3 is 2.95 bits per heavy atom. The maximum Gasteiger partial charge on any atom is 0.168 e. The van der Waals surface area contributed by atoms with Crippen LogP contribution in [0.5, 0.6) is 5.75 Å². The smallest absolute Gasteiger partial charge is 0.168 e. The van der Waals surface area contributed by atoms with E-state index in [9.17, 15) is 4.39 Å². The van der Waals surface area contributed by atoms with Crippen molar-refractivity contribution >= 4 is 11.3 Å². The number of ether oxygens (including phenoxy) is 1. The van der Waals surface area contributed by atoms with Crippen LogP contribution in [0.1, 0.15) is 24.2 Å². The first-order chi connectivity index (χ1) is 9.26. The van der Waals surface area contributed by atoms with E-state index in [1.807, 2.05) is 12.3 Å². The molecular formula is C14H17FN2OS. The van der Waals surface area contributed by atoms with Gasteiger partial charge in [-0.15, -0.1) is 11.3 Å². The summed E-state index contributed by atoms with van der Waals surface area (Å²) in [6, 6.07) is 5.25. The minimum atomic E-state index is -0.289. The van der Waals surface area contributed by atoms with E-state index in [1.54, 1.807) is 35.0 Å². The molecule has 19 heavy (non-hydrogen) atoms. The Morgan fingerprint density at radius 2 is 2.32 bits per heavy atom. The molecule has 102 valence electrons. The fraction of sp³-hybridized carbons (Fsp3) is 0.357. The summed E-state index contributed by atoms with van der Waals surface area (Å²) in [4.78, 5) is 4.31. The molecular weight excluding hydrogens is 263 g/mol. The molecule has 2 rings (SSSR count). The Balaban J connectivity index is 2.22. The topological polar surface area (TPSA) is 34.1 Å². The van der Waals surface area contributed by atoms with E-state index in [0.717, 1.165) is 12.2 Å². The van der Waals surface area contributed by atoms with Crippen molar-refractivity contribution in [2.45, 2.75) is 19.4 Å². The largest absolute Gasteiger partial charge is 0.494 e. The molecule has 1 aromatic heterocycles. The second-order valence-corrected chi connectivity index (χ2v) is 4.88. The van der Waals surface area contributed by atoms with Crippen LogP contribution in [0.2, 0.25) is 0 Å². The highest BCUT2D eigenvalue weighted by Crippen LogP contribution is 2.25. The summed E-state index contributed by atoms with van der Waals surface area (Å²) in [5.74, 6) is -0.00541. The second kappa shape index (κ2) is 6.63. The highest BCUT2D eigenvalue weighted by molar-refractivity contribution is 7.07. The Hall–Kier alpha value is -1.46. The van der Waals surface area contributed by atoms with Gasteiger partial charge >= 0.3 is 0 Å². The van der Waals surface area contributed by atoms with Gasteiger partial charge < -0.3 is 10.1 Å². The molecule has 3 nitrogen and oxygen atoms in total. The van der Waals surface area contributed by atoms with Gasteiger partial charge in [-0.05, 0) is 24.6 Å². The van der Waals surface area contributed by atoms with E-state index in [0.29, 0.717) is 12.0 Å². The number of likely N-dealkylation sites (N-methyl/N-ethyl adjacent to an activating group) is 1. The van der Waals surface area contributed by atoms with Crippen molar-refractivity contribution in [2.75, 3.05) is 13.7 Å². The lowest BCUT2D eigenvalue weighted by Gasteiger charge is -2.17. The standard InChI is InChI=1S/C14H17FN2OS/c1-3-16-11(12-8-19-9-17-12)7-10-5-4-6-13(18-2)14(10)15/h4-6,8-9,11,16H,3,7H2,1-2H3. The molecule has 0 radical (unpaired) electrons. The van der Waals surface area contributed by atoms with Crippen molar-refractivity contribution < 1.29 is 9.13 Å². The molecule has 0 aliphatic heterocycles. The number of hydrogen-bond donors (Lipinski definition) is 1. The third kappa shape index (κ3) is 3.30. The van der Waals surface area contributed by atoms with Gasteiger partial charge in [0.05, 0.1) is 24.4 Å². The number of nitrogens with one attached hydrogen (secondary N) is 1. The predicted molar refractivity (Wildman–Crippen MR) is 75.2 cm³/mol. The van der Waals surface area contributed by atoms with E-state index in [-0.39, 0.29) is 17.6 Å². The van der Waals surface area contributed by atoms with Gasteiger partial charge in [0, 0.05) is 5.38 Å². The van der Waals surface area contributed by atoms with Crippen LogP contribution in [0.3, 0.4) is 0 Å². The van der Waals surface area contributed by atoms with Gasteiger partial charge in [0.2, 0.25) is 0 Å². The molecule has 0 aliphatic carbocycles. The average molecular weight is 280 g/mol. The molecule has 2 aromatic rings. The molecule has 1 N–H and O–H groups in total. The Morgan fingerprint density at radius 1 is 1.47 bits per heavy atom. The fourth-order valence-electron chi connectivity index (χ4n) is 2.01. The molecule has 1 unspecified atom stereocenters. The second-order valence-electron chi connectivity index (χ2n) is 4.16. The summed E-state index contributed by atoms with van der Waals surface area (Å²) in [6.45, 7) is 2.84. The SMILES string of the molecule is CCNC(Cc1cccc(OC)c1F)c1cscn1. The monoisotopic (exact) mass is 280 g/mol. The van der Waals surface area contributed by atoms with Crippen molar-refractivity contribution in [1.29, 1.82) is 0 Å². The first kappa shape index (κ1) is 14.0. The summed E-state index contributed by atoms with van der Waals surface area (Å²) < 4.78 is 19.2. The summed E-state index contributed by atoms with van der Waals surface area (Å²) in [5.41, 5.74) is 3.38. The zero-order chi connectivity index (χ0) is 13.7. The van der Waals surface area contributed by atoms with Crippen LogP contribution in [-0.2, 0) is 6.42 Å². The van der Waals surface area contributed by atoms with E-state index in [1.165, 1.54) is 7.11 Å². The zero-order valence-electron chi connectivity index (χ0n) is 11.0. The zero-order valence-corrected chi connectivity index (χ0v) is 11.8. The van der Waals surface area contributed by atoms with Crippen LogP contribution in [-0.4, -0.2) is 18.6 Å². The lowest BCUT2D eigenvalue weighted by molar-refractivity contribution is 0.382. The summed E-state index contributed by atoms with van der Waals surface area (Å²) in [6.07, 6.45) is 0.556. The third-order valence-electron chi connectivity index (χ3n) is 2.95. The van der Waals surface area contributed by atoms with E-state index >= 15 is 0 Å². The molecule has 0 amide bonds. The van der Waals surface area contributed by atoms with Crippen molar-refractivity contribution in [3.05, 3.63) is 46.2 Å². The molecule has 0 spiro atoms. The van der Waals surface area contributed by atoms with Crippen LogP contribution < -0.4 is 10.1 Å². The van der Waals surface area contributed by atoms with Crippen molar-refractivity contribution in [1.82, 2.24) is 10.3 Å². The first-order valence-corrected chi connectivity index (χ1v) is 7.13. The summed E-state index contributed by atoms with van der Waals surface area (Å²) in [5, 5.41) is 5.33. The first-order valence-electron chi connectivity index (χ1n) is 6.19. The van der Waals surface area contributed by atoms with E-state index in [4.69, 9.17) is 4.74 Å². The van der Waals surface area contributed by atoms with Crippen LogP contribution >= 0.6 is 11.3 Å². The molecule has 5 heteroatoms. The van der Waals surface area contributed by atoms with Crippen molar-refractivity contribution in [3.63, 3.8) is 0 Å². The lowest BCUT2D eigenvalue weighted by Crippen LogP contribution is -2.23. The normalized spacial score (nSPS) is 12.4. The van der Waals surface area contributed by atoms with Crippen LogP contribution in [0.25, 0.3) is 0 Å². The number of thiazole rings is 1. The molecule has 0 saturated carbocycles. The molecule has 1 atom stereocenters. The van der Waals surface area contributed by atoms with Gasteiger partial charge in [0.25, 0.3) is 0 Å². The van der Waals surface area contributed by atoms with Crippen LogP contribution in [0.15, 0.2) is 29.1 Å². The maximum atomic E-state index is 14.1. The van der Waals surface area contributed by atoms with Crippen molar-refractivity contribution in [2.24, 2.45) is 0 Å². The number of hydrogen-bond acceptors (Lipinski definition) is 4. The molecule has 0 saturated heterocycles. The summed E-state index contributed by atoms with van der Waals surface area (Å²) in [7, 11) is 1.48. The average Bonchev–Trinajstić information content (AvgIpc) is 2.94. The molecule has 1 heterocycles. The number of halogens is 1. The van der Waals surface area contributed by atoms with Crippen molar-refractivity contribution in [3.8, 4) is 5.75 Å². The van der Waals surface area contributed by atoms with Gasteiger partial charge in [0.1, 0.15) is 0 Å². The fourth-order valence-corrected chi connectivity index (χ4v) is 2.62. The Labute approximate surface area is 116 Å². The summed E-state index contributed by atoms with van der Waals surface area (Å²) >= 11 is 1.55. The molecule has 0 aliphatic rings. The number of methoxy groups -OCH3 is 1. The van der Waals surface area contributed by atoms with Gasteiger partial charge in [-0.2, -0.15) is 0 Å². The molecule has 1 aromatic carbocycles.